The van der Waals surface area contributed by atoms with Crippen molar-refractivity contribution in [2.75, 3.05) is 13.1 Å². The molecule has 2 aromatic carbocycles. The van der Waals surface area contributed by atoms with Crippen molar-refractivity contribution in [3.05, 3.63) is 69.7 Å². The molecule has 13 heteroatoms. The van der Waals surface area contributed by atoms with Gasteiger partial charge in [0.25, 0.3) is 0 Å². The first-order chi connectivity index (χ1) is 18.2. The van der Waals surface area contributed by atoms with Crippen LogP contribution in [0, 0.1) is 0 Å². The number of hydrogen-bond acceptors (Lipinski definition) is 7. The Morgan fingerprint density at radius 2 is 1.76 bits per heavy atom. The van der Waals surface area contributed by atoms with E-state index >= 15 is 0 Å². The molecule has 0 bridgehead atoms. The van der Waals surface area contributed by atoms with E-state index in [1.54, 1.807) is 10.3 Å². The minimum Gasteiger partial charge on any atom is -0.406 e. The number of Topliss-reactive ketones (excluding diaryl/α,β-unsaturated/α-hetero) is 1. The molecule has 1 saturated heterocycles. The molecule has 2 amide bonds. The number of nitrogens with one attached hydrogen (secondary N) is 2. The highest BCUT2D eigenvalue weighted by Gasteiger charge is 2.31. The average Bonchev–Trinajstić information content (AvgIpc) is 3.57. The van der Waals surface area contributed by atoms with Crippen LogP contribution in [0.25, 0.3) is 11.0 Å². The van der Waals surface area contributed by atoms with Crippen LogP contribution < -0.4 is 10.1 Å². The lowest BCUT2D eigenvalue weighted by Gasteiger charge is -2.31. The van der Waals surface area contributed by atoms with E-state index in [4.69, 9.17) is 0 Å². The normalized spacial score (nSPS) is 14.6. The summed E-state index contributed by atoms with van der Waals surface area (Å²) in [6, 6.07) is 10.6. The van der Waals surface area contributed by atoms with Gasteiger partial charge >= 0.3 is 12.4 Å². The number of hydrogen-bond donors (Lipinski definition) is 2. The molecule has 5 rings (SSSR count). The number of likely N-dealkylation sites (tertiary alicyclic amines) is 1. The van der Waals surface area contributed by atoms with Crippen LogP contribution in [0.4, 0.5) is 18.0 Å². The van der Waals surface area contributed by atoms with Crippen LogP contribution in [0.1, 0.15) is 45.4 Å². The van der Waals surface area contributed by atoms with E-state index in [0.717, 1.165) is 28.9 Å². The molecule has 198 valence electrons. The summed E-state index contributed by atoms with van der Waals surface area (Å²) in [5.74, 6) is -0.210. The molecule has 1 aliphatic rings. The third-order valence-electron chi connectivity index (χ3n) is 6.29. The molecule has 1 fully saturated rings. The Hall–Kier alpha value is -4.00. The molecule has 3 heterocycles. The Labute approximate surface area is 219 Å². The van der Waals surface area contributed by atoms with E-state index in [1.165, 1.54) is 35.6 Å². The van der Waals surface area contributed by atoms with E-state index in [-0.39, 0.29) is 36.4 Å². The van der Waals surface area contributed by atoms with Crippen molar-refractivity contribution in [2.45, 2.75) is 38.1 Å². The topological polar surface area (TPSA) is 113 Å². The summed E-state index contributed by atoms with van der Waals surface area (Å²) >= 11 is 1.46. The van der Waals surface area contributed by atoms with Crippen molar-refractivity contribution in [3.8, 4) is 5.75 Å². The van der Waals surface area contributed by atoms with Crippen molar-refractivity contribution < 1.29 is 27.5 Å². The van der Waals surface area contributed by atoms with Gasteiger partial charge in [-0.3, -0.25) is 4.79 Å². The Morgan fingerprint density at radius 1 is 1.05 bits per heavy atom. The monoisotopic (exact) mass is 544 g/mol. The van der Waals surface area contributed by atoms with E-state index in [0.29, 0.717) is 29.9 Å². The van der Waals surface area contributed by atoms with Crippen molar-refractivity contribution in [1.29, 1.82) is 0 Å². The first kappa shape index (κ1) is 25.6. The molecule has 0 unspecified atom stereocenters. The SMILES string of the molecule is O=C(Cc1ccc2n[nH]nc2c1)c1csc(C2CCN(C(=O)NCc3ccc(OC(F)(F)F)cc3)CC2)n1. The summed E-state index contributed by atoms with van der Waals surface area (Å²) in [7, 11) is 0. The number of alkyl halides is 3. The molecule has 4 aromatic rings. The Morgan fingerprint density at radius 3 is 2.50 bits per heavy atom. The number of amides is 2. The molecule has 2 N–H and O–H groups in total. The first-order valence-corrected chi connectivity index (χ1v) is 12.8. The van der Waals surface area contributed by atoms with Crippen molar-refractivity contribution in [2.24, 2.45) is 0 Å². The Bertz CT molecular complexity index is 1430. The average molecular weight is 545 g/mol. The number of piperidine rings is 1. The number of urea groups is 1. The third-order valence-corrected chi connectivity index (χ3v) is 7.29. The molecule has 2 aromatic heterocycles. The van der Waals surface area contributed by atoms with E-state index in [1.807, 2.05) is 18.2 Å². The van der Waals surface area contributed by atoms with Crippen molar-refractivity contribution in [1.82, 2.24) is 30.6 Å². The zero-order valence-corrected chi connectivity index (χ0v) is 20.8. The number of rotatable bonds is 7. The molecule has 0 saturated carbocycles. The van der Waals surface area contributed by atoms with Crippen LogP contribution in [-0.2, 0) is 13.0 Å². The summed E-state index contributed by atoms with van der Waals surface area (Å²) in [6.07, 6.45) is -3.07. The zero-order chi connectivity index (χ0) is 26.7. The predicted octanol–water partition coefficient (Wildman–Crippen LogP) is 4.83. The largest absolute Gasteiger partial charge is 0.573 e. The standard InChI is InChI=1S/C25H23F3N6O3S/c26-25(27,28)37-18-4-1-15(2-5-18)13-29-24(36)34-9-7-17(8-10-34)23-30-21(14-38-23)22(35)12-16-3-6-19-20(11-16)32-33-31-19/h1-6,11,14,17H,7-10,12-13H2,(H,29,36)(H,31,32,33). The maximum absolute atomic E-state index is 12.8. The highest BCUT2D eigenvalue weighted by atomic mass is 32.1. The molecule has 0 spiro atoms. The maximum Gasteiger partial charge on any atom is 0.573 e. The molecule has 0 aliphatic carbocycles. The van der Waals surface area contributed by atoms with Gasteiger partial charge < -0.3 is 15.0 Å². The summed E-state index contributed by atoms with van der Waals surface area (Å²) < 4.78 is 40.7. The number of H-pyrrole nitrogens is 1. The van der Waals surface area contributed by atoms with Crippen molar-refractivity contribution >= 4 is 34.2 Å². The quantitative estimate of drug-likeness (QED) is 0.323. The van der Waals surface area contributed by atoms with E-state index in [2.05, 4.69) is 30.4 Å². The number of fused-ring (bicyclic) bond motifs is 1. The fraction of sp³-hybridized carbons (Fsp3) is 0.320. The van der Waals surface area contributed by atoms with Gasteiger partial charge in [-0.1, -0.05) is 18.2 Å². The maximum atomic E-state index is 12.8. The van der Waals surface area contributed by atoms with Crippen LogP contribution >= 0.6 is 11.3 Å². The molecule has 9 nitrogen and oxygen atoms in total. The number of nitrogens with zero attached hydrogens (tertiary/aromatic N) is 4. The fourth-order valence-electron chi connectivity index (χ4n) is 4.30. The van der Waals surface area contributed by atoms with Gasteiger partial charge in [0.2, 0.25) is 0 Å². The number of ether oxygens (including phenoxy) is 1. The number of carbonyl (C=O) groups is 2. The molecule has 0 radical (unpaired) electrons. The van der Waals surface area contributed by atoms with Gasteiger partial charge in [0.05, 0.1) is 5.01 Å². The van der Waals surface area contributed by atoms with Gasteiger partial charge in [0.15, 0.2) is 5.78 Å². The minimum absolute atomic E-state index is 0.0647. The van der Waals surface area contributed by atoms with Gasteiger partial charge in [-0.15, -0.1) is 24.5 Å². The van der Waals surface area contributed by atoms with Crippen LogP contribution in [0.15, 0.2) is 47.8 Å². The number of ketones is 1. The number of aromatic amines is 1. The second kappa shape index (κ2) is 10.8. The number of thiazole rings is 1. The highest BCUT2D eigenvalue weighted by molar-refractivity contribution is 7.09. The zero-order valence-electron chi connectivity index (χ0n) is 20.0. The number of benzene rings is 2. The lowest BCUT2D eigenvalue weighted by molar-refractivity contribution is -0.274. The molecular weight excluding hydrogens is 521 g/mol. The van der Waals surface area contributed by atoms with Crippen LogP contribution in [0.3, 0.4) is 0 Å². The van der Waals surface area contributed by atoms with Gasteiger partial charge in [-0.25, -0.2) is 9.78 Å². The minimum atomic E-state index is -4.74. The predicted molar refractivity (Wildman–Crippen MR) is 133 cm³/mol. The van der Waals surface area contributed by atoms with Gasteiger partial charge in [-0.05, 0) is 48.2 Å². The summed E-state index contributed by atoms with van der Waals surface area (Å²) in [4.78, 5) is 31.6. The molecule has 0 atom stereocenters. The highest BCUT2D eigenvalue weighted by Crippen LogP contribution is 2.31. The van der Waals surface area contributed by atoms with Gasteiger partial charge in [0, 0.05) is 37.4 Å². The van der Waals surface area contributed by atoms with Crippen LogP contribution in [-0.4, -0.2) is 56.6 Å². The smallest absolute Gasteiger partial charge is 0.406 e. The van der Waals surface area contributed by atoms with E-state index < -0.39 is 6.36 Å². The summed E-state index contributed by atoms with van der Waals surface area (Å²) in [5.41, 5.74) is 3.39. The number of halogens is 3. The summed E-state index contributed by atoms with van der Waals surface area (Å²) in [6.45, 7) is 1.26. The number of carbonyl (C=O) groups excluding carboxylic acids is 2. The summed E-state index contributed by atoms with van der Waals surface area (Å²) in [5, 5.41) is 16.1. The third kappa shape index (κ3) is 6.28. The van der Waals surface area contributed by atoms with Crippen LogP contribution in [0.2, 0.25) is 0 Å². The molecule has 1 aliphatic heterocycles. The van der Waals surface area contributed by atoms with Gasteiger partial charge in [-0.2, -0.15) is 15.4 Å². The second-order valence-electron chi connectivity index (χ2n) is 8.93. The second-order valence-corrected chi connectivity index (χ2v) is 9.82. The Balaban J connectivity index is 1.09. The fourth-order valence-corrected chi connectivity index (χ4v) is 5.30. The number of aromatic nitrogens is 4. The van der Waals surface area contributed by atoms with Gasteiger partial charge in [0.1, 0.15) is 22.5 Å². The van der Waals surface area contributed by atoms with Crippen LogP contribution in [0.5, 0.6) is 5.75 Å². The first-order valence-electron chi connectivity index (χ1n) is 11.9. The molecular formula is C25H23F3N6O3S. The lowest BCUT2D eigenvalue weighted by Crippen LogP contribution is -2.43. The van der Waals surface area contributed by atoms with Crippen molar-refractivity contribution in [3.63, 3.8) is 0 Å². The molecule has 38 heavy (non-hydrogen) atoms. The Kier molecular flexibility index (Phi) is 7.27. The van der Waals surface area contributed by atoms with E-state index in [9.17, 15) is 22.8 Å². The lowest BCUT2D eigenvalue weighted by atomic mass is 9.98.